The second-order valence-electron chi connectivity index (χ2n) is 6.11. The first kappa shape index (κ1) is 15.5. The fraction of sp³-hybridized carbons (Fsp3) is 0.933. The molecule has 0 atom stereocenters. The summed E-state index contributed by atoms with van der Waals surface area (Å²) >= 11 is 0. The fourth-order valence-corrected chi connectivity index (χ4v) is 2.82. The molecule has 1 amide bonds. The highest BCUT2D eigenvalue weighted by Gasteiger charge is 2.32. The minimum absolute atomic E-state index is 0.252. The molecule has 0 aromatic heterocycles. The summed E-state index contributed by atoms with van der Waals surface area (Å²) in [4.78, 5) is 14.5. The van der Waals surface area contributed by atoms with E-state index in [1.165, 1.54) is 0 Å². The van der Waals surface area contributed by atoms with Gasteiger partial charge in [0, 0.05) is 19.0 Å². The maximum atomic E-state index is 12.5. The highest BCUT2D eigenvalue weighted by Crippen LogP contribution is 2.30. The van der Waals surface area contributed by atoms with Crippen LogP contribution in [0.5, 0.6) is 0 Å². The number of amides is 1. The van der Waals surface area contributed by atoms with Crippen LogP contribution in [0.25, 0.3) is 0 Å². The Balaban J connectivity index is 2.52. The molecule has 1 saturated heterocycles. The molecule has 18 heavy (non-hydrogen) atoms. The van der Waals surface area contributed by atoms with Crippen molar-refractivity contribution in [3.8, 4) is 0 Å². The van der Waals surface area contributed by atoms with Crippen molar-refractivity contribution in [1.29, 1.82) is 0 Å². The molecule has 0 saturated carbocycles. The highest BCUT2D eigenvalue weighted by atomic mass is 16.2. The zero-order chi connectivity index (χ0) is 13.6. The largest absolute Gasteiger partial charge is 0.342 e. The smallest absolute Gasteiger partial charge is 0.225 e. The molecule has 1 fully saturated rings. The molecule has 0 aliphatic carbocycles. The second-order valence-corrected chi connectivity index (χ2v) is 6.11. The lowest BCUT2D eigenvalue weighted by Crippen LogP contribution is -2.46. The molecular weight excluding hydrogens is 224 g/mol. The third-order valence-corrected chi connectivity index (χ3v) is 4.40. The van der Waals surface area contributed by atoms with E-state index in [0.717, 1.165) is 58.2 Å². The van der Waals surface area contributed by atoms with Crippen molar-refractivity contribution in [2.24, 2.45) is 17.1 Å². The summed E-state index contributed by atoms with van der Waals surface area (Å²) in [6, 6.07) is 0. The van der Waals surface area contributed by atoms with E-state index >= 15 is 0 Å². The number of piperidine rings is 1. The maximum absolute atomic E-state index is 12.5. The summed E-state index contributed by atoms with van der Waals surface area (Å²) in [7, 11) is 0. The Morgan fingerprint density at radius 2 is 1.72 bits per heavy atom. The molecule has 0 aromatic rings. The van der Waals surface area contributed by atoms with Gasteiger partial charge in [0.1, 0.15) is 0 Å². The molecule has 1 aliphatic heterocycles. The third-order valence-electron chi connectivity index (χ3n) is 4.40. The molecule has 0 aromatic carbocycles. The van der Waals surface area contributed by atoms with Crippen LogP contribution in [0.1, 0.15) is 59.3 Å². The van der Waals surface area contributed by atoms with Gasteiger partial charge in [-0.1, -0.05) is 33.6 Å². The third kappa shape index (κ3) is 3.98. The molecule has 1 heterocycles. The minimum Gasteiger partial charge on any atom is -0.342 e. The lowest BCUT2D eigenvalue weighted by Gasteiger charge is -2.40. The fourth-order valence-electron chi connectivity index (χ4n) is 2.82. The Labute approximate surface area is 112 Å². The molecule has 106 valence electrons. The highest BCUT2D eigenvalue weighted by molar-refractivity contribution is 5.78. The van der Waals surface area contributed by atoms with Crippen molar-refractivity contribution in [2.45, 2.75) is 59.3 Å². The molecule has 1 aliphatic rings. The summed E-state index contributed by atoms with van der Waals surface area (Å²) in [6.45, 7) is 9.11. The Morgan fingerprint density at radius 1 is 1.22 bits per heavy atom. The van der Waals surface area contributed by atoms with E-state index in [1.54, 1.807) is 0 Å². The zero-order valence-electron chi connectivity index (χ0n) is 12.4. The van der Waals surface area contributed by atoms with Gasteiger partial charge in [-0.2, -0.15) is 0 Å². The Bertz CT molecular complexity index is 251. The summed E-state index contributed by atoms with van der Waals surface area (Å²) in [5.41, 5.74) is 6.06. The van der Waals surface area contributed by atoms with Gasteiger partial charge in [-0.3, -0.25) is 4.79 Å². The molecule has 2 N–H and O–H groups in total. The van der Waals surface area contributed by atoms with Gasteiger partial charge in [0.05, 0.1) is 0 Å². The van der Waals surface area contributed by atoms with Gasteiger partial charge < -0.3 is 10.6 Å². The van der Waals surface area contributed by atoms with E-state index in [9.17, 15) is 4.79 Å². The van der Waals surface area contributed by atoms with Crippen molar-refractivity contribution in [3.05, 3.63) is 0 Å². The number of carbonyl (C=O) groups is 1. The van der Waals surface area contributed by atoms with Crippen LogP contribution in [-0.4, -0.2) is 30.4 Å². The van der Waals surface area contributed by atoms with E-state index in [1.807, 2.05) is 0 Å². The van der Waals surface area contributed by atoms with E-state index < -0.39 is 0 Å². The molecular formula is C15H30N2O. The molecule has 3 nitrogen and oxygen atoms in total. The van der Waals surface area contributed by atoms with E-state index in [-0.39, 0.29) is 11.3 Å². The average molecular weight is 254 g/mol. The van der Waals surface area contributed by atoms with Crippen LogP contribution in [0.3, 0.4) is 0 Å². The van der Waals surface area contributed by atoms with E-state index in [4.69, 9.17) is 5.73 Å². The van der Waals surface area contributed by atoms with Gasteiger partial charge in [-0.25, -0.2) is 0 Å². The lowest BCUT2D eigenvalue weighted by atomic mass is 9.80. The normalized spacial score (nSPS) is 19.3. The number of nitrogens with two attached hydrogens (primary N) is 1. The van der Waals surface area contributed by atoms with Crippen LogP contribution >= 0.6 is 0 Å². The molecule has 0 radical (unpaired) electrons. The number of hydrogen-bond donors (Lipinski definition) is 1. The van der Waals surface area contributed by atoms with Gasteiger partial charge >= 0.3 is 0 Å². The Kier molecular flexibility index (Phi) is 6.13. The van der Waals surface area contributed by atoms with Crippen molar-refractivity contribution in [3.63, 3.8) is 0 Å². The first-order valence-corrected chi connectivity index (χ1v) is 7.55. The molecule has 0 unspecified atom stereocenters. The van der Waals surface area contributed by atoms with Crippen molar-refractivity contribution in [2.75, 3.05) is 19.6 Å². The molecule has 1 rings (SSSR count). The lowest BCUT2D eigenvalue weighted by molar-refractivity contribution is -0.138. The standard InChI is InChI=1S/C15H30N2O/c1-4-6-13(7-5-2)14(18)17-10-8-15(3,12-16)9-11-17/h13H,4-12,16H2,1-3H3. The van der Waals surface area contributed by atoms with E-state index in [0.29, 0.717) is 5.91 Å². The number of likely N-dealkylation sites (tertiary alicyclic amines) is 1. The predicted octanol–water partition coefficient (Wildman–Crippen LogP) is 2.79. The number of hydrogen-bond acceptors (Lipinski definition) is 2. The van der Waals surface area contributed by atoms with Crippen LogP contribution in [0.15, 0.2) is 0 Å². The zero-order valence-corrected chi connectivity index (χ0v) is 12.4. The number of rotatable bonds is 6. The summed E-state index contributed by atoms with van der Waals surface area (Å²) < 4.78 is 0. The molecule has 0 bridgehead atoms. The molecule has 0 spiro atoms. The van der Waals surface area contributed by atoms with Crippen LogP contribution < -0.4 is 5.73 Å². The summed E-state index contributed by atoms with van der Waals surface area (Å²) in [5.74, 6) is 0.639. The first-order chi connectivity index (χ1) is 8.56. The quantitative estimate of drug-likeness (QED) is 0.792. The topological polar surface area (TPSA) is 46.3 Å². The van der Waals surface area contributed by atoms with Gasteiger partial charge in [-0.05, 0) is 37.6 Å². The van der Waals surface area contributed by atoms with Crippen LogP contribution in [0, 0.1) is 11.3 Å². The maximum Gasteiger partial charge on any atom is 0.225 e. The van der Waals surface area contributed by atoms with Gasteiger partial charge in [-0.15, -0.1) is 0 Å². The SMILES string of the molecule is CCCC(CCC)C(=O)N1CCC(C)(CN)CC1. The first-order valence-electron chi connectivity index (χ1n) is 7.55. The van der Waals surface area contributed by atoms with Crippen LogP contribution in [-0.2, 0) is 4.79 Å². The van der Waals surface area contributed by atoms with Crippen LogP contribution in [0.2, 0.25) is 0 Å². The van der Waals surface area contributed by atoms with Crippen molar-refractivity contribution >= 4 is 5.91 Å². The Hall–Kier alpha value is -0.570. The molecule has 3 heteroatoms. The monoisotopic (exact) mass is 254 g/mol. The average Bonchev–Trinajstić information content (AvgIpc) is 2.39. The second kappa shape index (κ2) is 7.13. The Morgan fingerprint density at radius 3 is 2.11 bits per heavy atom. The summed E-state index contributed by atoms with van der Waals surface area (Å²) in [5, 5.41) is 0. The number of nitrogens with zero attached hydrogens (tertiary/aromatic N) is 1. The van der Waals surface area contributed by atoms with Crippen molar-refractivity contribution < 1.29 is 4.79 Å². The van der Waals surface area contributed by atoms with Crippen molar-refractivity contribution in [1.82, 2.24) is 4.90 Å². The van der Waals surface area contributed by atoms with Crippen LogP contribution in [0.4, 0.5) is 0 Å². The predicted molar refractivity (Wildman–Crippen MR) is 76.3 cm³/mol. The number of carbonyl (C=O) groups excluding carboxylic acids is 1. The van der Waals surface area contributed by atoms with Gasteiger partial charge in [0.2, 0.25) is 5.91 Å². The van der Waals surface area contributed by atoms with Gasteiger partial charge in [0.25, 0.3) is 0 Å². The van der Waals surface area contributed by atoms with Gasteiger partial charge in [0.15, 0.2) is 0 Å². The minimum atomic E-state index is 0.252. The summed E-state index contributed by atoms with van der Waals surface area (Å²) in [6.07, 6.45) is 6.39. The van der Waals surface area contributed by atoms with E-state index in [2.05, 4.69) is 25.7 Å².